The fourth-order valence-corrected chi connectivity index (χ4v) is 6.43. The maximum absolute atomic E-state index is 13.4. The van der Waals surface area contributed by atoms with Gasteiger partial charge < -0.3 is 20.8 Å². The Balaban J connectivity index is 1.56. The SMILES string of the molecule is CCN(C(=O)c1ccc(NS(=O)(=O)c2ccc3c(c2)CCc2nc(N)[nH]c(=O)c2-3)cc1)[C@@](CC)(CCC(=O)O)C(=O)O. The van der Waals surface area contributed by atoms with Crippen molar-refractivity contribution >= 4 is 39.5 Å². The number of aliphatic carboxylic acids is 2. The number of nitrogens with one attached hydrogen (secondary N) is 2. The number of hydrogen-bond donors (Lipinski definition) is 5. The van der Waals surface area contributed by atoms with E-state index in [1.807, 2.05) is 0 Å². The second-order valence-electron chi connectivity index (χ2n) is 9.91. The highest BCUT2D eigenvalue weighted by Gasteiger charge is 2.45. The molecule has 0 saturated heterocycles. The van der Waals surface area contributed by atoms with E-state index < -0.39 is 45.4 Å². The number of benzene rings is 2. The zero-order chi connectivity index (χ0) is 30.8. The number of nitrogen functional groups attached to an aromatic ring is 1. The number of aromatic amines is 1. The van der Waals surface area contributed by atoms with E-state index in [0.29, 0.717) is 35.2 Å². The molecule has 1 heterocycles. The molecular weight excluding hydrogens is 566 g/mol. The van der Waals surface area contributed by atoms with E-state index in [1.165, 1.54) is 36.4 Å². The first-order valence-electron chi connectivity index (χ1n) is 13.2. The molecule has 1 atom stereocenters. The highest BCUT2D eigenvalue weighted by atomic mass is 32.2. The van der Waals surface area contributed by atoms with Gasteiger partial charge in [-0.25, -0.2) is 18.2 Å². The van der Waals surface area contributed by atoms with Crippen molar-refractivity contribution in [2.45, 2.75) is 56.4 Å². The average Bonchev–Trinajstić information content (AvgIpc) is 2.94. The van der Waals surface area contributed by atoms with E-state index in [4.69, 9.17) is 10.8 Å². The lowest BCUT2D eigenvalue weighted by molar-refractivity contribution is -0.151. The number of amides is 1. The Kier molecular flexibility index (Phi) is 8.38. The molecule has 0 unspecified atom stereocenters. The third-order valence-corrected chi connectivity index (χ3v) is 8.88. The fraction of sp³-hybridized carbons (Fsp3) is 0.321. The second-order valence-corrected chi connectivity index (χ2v) is 11.6. The van der Waals surface area contributed by atoms with Crippen LogP contribution in [0.5, 0.6) is 0 Å². The van der Waals surface area contributed by atoms with Crippen LogP contribution in [0.1, 0.15) is 54.7 Å². The van der Waals surface area contributed by atoms with Gasteiger partial charge in [-0.15, -0.1) is 0 Å². The summed E-state index contributed by atoms with van der Waals surface area (Å²) in [4.78, 5) is 57.0. The van der Waals surface area contributed by atoms with Gasteiger partial charge in [0.15, 0.2) is 0 Å². The number of carboxylic acid groups (broad SMARTS) is 2. The van der Waals surface area contributed by atoms with Crippen LogP contribution in [0.15, 0.2) is 52.2 Å². The molecular formula is C28H31N5O8S. The molecule has 0 bridgehead atoms. The van der Waals surface area contributed by atoms with Crippen molar-refractivity contribution in [3.05, 3.63) is 69.6 Å². The van der Waals surface area contributed by atoms with Gasteiger partial charge in [0.05, 0.1) is 16.2 Å². The van der Waals surface area contributed by atoms with E-state index in [9.17, 15) is 32.7 Å². The van der Waals surface area contributed by atoms with Crippen LogP contribution in [0.4, 0.5) is 11.6 Å². The number of sulfonamides is 1. The lowest BCUT2D eigenvalue weighted by Gasteiger charge is -2.39. The Bertz CT molecular complexity index is 1720. The molecule has 14 heteroatoms. The number of aryl methyl sites for hydroxylation is 2. The number of aromatic nitrogens is 2. The quantitative estimate of drug-likeness (QED) is 0.218. The zero-order valence-electron chi connectivity index (χ0n) is 23.0. The smallest absolute Gasteiger partial charge is 0.329 e. The summed E-state index contributed by atoms with van der Waals surface area (Å²) >= 11 is 0. The summed E-state index contributed by atoms with van der Waals surface area (Å²) in [6.45, 7) is 3.20. The lowest BCUT2D eigenvalue weighted by Crippen LogP contribution is -2.57. The van der Waals surface area contributed by atoms with Gasteiger partial charge in [0.2, 0.25) is 5.95 Å². The maximum atomic E-state index is 13.4. The Morgan fingerprint density at radius 3 is 2.38 bits per heavy atom. The van der Waals surface area contributed by atoms with Crippen molar-refractivity contribution in [3.8, 4) is 11.1 Å². The minimum absolute atomic E-state index is 0.00159. The van der Waals surface area contributed by atoms with Gasteiger partial charge in [0.1, 0.15) is 5.54 Å². The summed E-state index contributed by atoms with van der Waals surface area (Å²) in [7, 11) is -4.05. The molecule has 222 valence electrons. The molecule has 0 spiro atoms. The van der Waals surface area contributed by atoms with Crippen LogP contribution >= 0.6 is 0 Å². The number of carbonyl (C=O) groups excluding carboxylic acids is 1. The fourth-order valence-electron chi connectivity index (χ4n) is 5.32. The van der Waals surface area contributed by atoms with Crippen molar-refractivity contribution in [3.63, 3.8) is 0 Å². The van der Waals surface area contributed by atoms with E-state index in [0.717, 1.165) is 4.90 Å². The largest absolute Gasteiger partial charge is 0.481 e. The third-order valence-electron chi connectivity index (χ3n) is 7.50. The number of nitrogens with zero attached hydrogens (tertiary/aromatic N) is 2. The van der Waals surface area contributed by atoms with Gasteiger partial charge in [-0.3, -0.25) is 24.1 Å². The van der Waals surface area contributed by atoms with E-state index >= 15 is 0 Å². The molecule has 2 aromatic carbocycles. The Labute approximate surface area is 241 Å². The highest BCUT2D eigenvalue weighted by molar-refractivity contribution is 7.92. The summed E-state index contributed by atoms with van der Waals surface area (Å²) in [5.74, 6) is -3.08. The molecule has 1 amide bonds. The molecule has 0 fully saturated rings. The molecule has 6 N–H and O–H groups in total. The predicted molar refractivity (Wildman–Crippen MR) is 154 cm³/mol. The number of anilines is 2. The van der Waals surface area contributed by atoms with Crippen molar-refractivity contribution < 1.29 is 33.0 Å². The Hall–Kier alpha value is -4.72. The molecule has 13 nitrogen and oxygen atoms in total. The molecule has 0 saturated carbocycles. The first kappa shape index (κ1) is 30.2. The lowest BCUT2D eigenvalue weighted by atomic mass is 9.87. The van der Waals surface area contributed by atoms with Crippen LogP contribution in [0.2, 0.25) is 0 Å². The van der Waals surface area contributed by atoms with Crippen LogP contribution in [0.3, 0.4) is 0 Å². The highest BCUT2D eigenvalue weighted by Crippen LogP contribution is 2.33. The normalized spacial score (nSPS) is 13.8. The topological polar surface area (TPSA) is 213 Å². The van der Waals surface area contributed by atoms with E-state index in [2.05, 4.69) is 14.7 Å². The summed E-state index contributed by atoms with van der Waals surface area (Å²) in [6, 6.07) is 9.96. The zero-order valence-corrected chi connectivity index (χ0v) is 23.8. The van der Waals surface area contributed by atoms with Crippen molar-refractivity contribution in [2.24, 2.45) is 0 Å². The standard InChI is InChI=1S/C28H31N5O8S/c1-3-28(26(38)39,14-13-22(34)35)33(4-2)25(37)16-5-8-18(9-6-16)32-42(40,41)19-10-11-20-17(15-19)7-12-21-23(20)24(36)31-27(29)30-21/h5-6,8-11,15,32H,3-4,7,12-14H2,1-2H3,(H,34,35)(H,38,39)(H3,29,30,31,36)/t28-/m0/s1. The summed E-state index contributed by atoms with van der Waals surface area (Å²) < 4.78 is 28.9. The Morgan fingerprint density at radius 1 is 1.10 bits per heavy atom. The van der Waals surface area contributed by atoms with E-state index in [1.54, 1.807) is 19.9 Å². The maximum Gasteiger partial charge on any atom is 0.329 e. The predicted octanol–water partition coefficient (Wildman–Crippen LogP) is 2.48. The third kappa shape index (κ3) is 5.70. The average molecular weight is 598 g/mol. The first-order chi connectivity index (χ1) is 19.8. The van der Waals surface area contributed by atoms with E-state index in [-0.39, 0.29) is 41.5 Å². The minimum atomic E-state index is -4.05. The number of rotatable bonds is 11. The van der Waals surface area contributed by atoms with Crippen LogP contribution in [-0.2, 0) is 32.5 Å². The van der Waals surface area contributed by atoms with Gasteiger partial charge >= 0.3 is 11.9 Å². The molecule has 42 heavy (non-hydrogen) atoms. The van der Waals surface area contributed by atoms with Gasteiger partial charge in [-0.05, 0) is 80.1 Å². The van der Waals surface area contributed by atoms with Gasteiger partial charge in [0, 0.05) is 24.2 Å². The first-order valence-corrected chi connectivity index (χ1v) is 14.7. The molecule has 4 rings (SSSR count). The monoisotopic (exact) mass is 597 g/mol. The number of H-pyrrole nitrogens is 1. The molecule has 0 aliphatic heterocycles. The number of hydrogen-bond acceptors (Lipinski definition) is 8. The number of nitrogens with two attached hydrogens (primary N) is 1. The molecule has 1 aromatic heterocycles. The number of carboxylic acids is 2. The molecule has 3 aromatic rings. The summed E-state index contributed by atoms with van der Waals surface area (Å²) in [5, 5.41) is 19.1. The number of carbonyl (C=O) groups is 3. The summed E-state index contributed by atoms with van der Waals surface area (Å²) in [5.41, 5.74) is 5.98. The van der Waals surface area contributed by atoms with Gasteiger partial charge in [-0.2, -0.15) is 0 Å². The van der Waals surface area contributed by atoms with Crippen molar-refractivity contribution in [2.75, 3.05) is 17.0 Å². The molecule has 1 aliphatic carbocycles. The van der Waals surface area contributed by atoms with Gasteiger partial charge in [-0.1, -0.05) is 13.0 Å². The van der Waals surface area contributed by atoms with Crippen LogP contribution in [0.25, 0.3) is 11.1 Å². The van der Waals surface area contributed by atoms with Crippen molar-refractivity contribution in [1.29, 1.82) is 0 Å². The van der Waals surface area contributed by atoms with Crippen LogP contribution in [0, 0.1) is 0 Å². The van der Waals surface area contributed by atoms with Crippen LogP contribution in [-0.4, -0.2) is 63.4 Å². The minimum Gasteiger partial charge on any atom is -0.481 e. The van der Waals surface area contributed by atoms with Crippen LogP contribution < -0.4 is 16.0 Å². The number of likely N-dealkylation sites (N-methyl/N-ethyl adjacent to an activating group) is 1. The molecule has 1 aliphatic rings. The second kappa shape index (κ2) is 11.6. The number of fused-ring (bicyclic) bond motifs is 3. The summed E-state index contributed by atoms with van der Waals surface area (Å²) in [6.07, 6.45) is 0.195. The van der Waals surface area contributed by atoms with Crippen molar-refractivity contribution in [1.82, 2.24) is 14.9 Å². The Morgan fingerprint density at radius 2 is 1.79 bits per heavy atom. The van der Waals surface area contributed by atoms with Gasteiger partial charge in [0.25, 0.3) is 21.5 Å². The molecule has 0 radical (unpaired) electrons.